The van der Waals surface area contributed by atoms with E-state index in [-0.39, 0.29) is 5.95 Å². The maximum Gasteiger partial charge on any atom is 0.232 e. The maximum atomic E-state index is 5.86. The molecule has 5 heteroatoms. The molecular formula is C15H15N3OS. The van der Waals surface area contributed by atoms with Gasteiger partial charge in [-0.2, -0.15) is 4.98 Å². The van der Waals surface area contributed by atoms with Gasteiger partial charge in [-0.1, -0.05) is 24.6 Å². The molecule has 0 aliphatic heterocycles. The minimum atomic E-state index is 0.240. The molecule has 3 aromatic rings. The van der Waals surface area contributed by atoms with Gasteiger partial charge in [0.2, 0.25) is 11.8 Å². The number of nitrogens with two attached hydrogens (primary N) is 1. The number of rotatable bonds is 3. The van der Waals surface area contributed by atoms with Gasteiger partial charge in [-0.25, -0.2) is 4.98 Å². The first-order chi connectivity index (χ1) is 9.65. The zero-order valence-electron chi connectivity index (χ0n) is 11.4. The molecule has 0 saturated heterocycles. The van der Waals surface area contributed by atoms with Crippen molar-refractivity contribution in [3.05, 3.63) is 40.8 Å². The predicted molar refractivity (Wildman–Crippen MR) is 82.5 cm³/mol. The number of ether oxygens (including phenoxy) is 1. The summed E-state index contributed by atoms with van der Waals surface area (Å²) in [6.45, 7) is 4.15. The summed E-state index contributed by atoms with van der Waals surface area (Å²) in [6.07, 6.45) is 0.963. The zero-order chi connectivity index (χ0) is 14.1. The van der Waals surface area contributed by atoms with Gasteiger partial charge in [0.05, 0.1) is 5.39 Å². The Hall–Kier alpha value is -2.14. The highest BCUT2D eigenvalue weighted by atomic mass is 32.1. The summed E-state index contributed by atoms with van der Waals surface area (Å²) in [5.74, 6) is 1.51. The molecule has 4 nitrogen and oxygen atoms in total. The number of nitrogens with zero attached hydrogens (tertiary/aromatic N) is 2. The number of aryl methyl sites for hydroxylation is 2. The lowest BCUT2D eigenvalue weighted by atomic mass is 10.2. The Morgan fingerprint density at radius 2 is 1.95 bits per heavy atom. The molecule has 0 spiro atoms. The monoisotopic (exact) mass is 285 g/mol. The third-order valence-electron chi connectivity index (χ3n) is 3.01. The van der Waals surface area contributed by atoms with Crippen molar-refractivity contribution in [1.82, 2.24) is 9.97 Å². The van der Waals surface area contributed by atoms with Gasteiger partial charge in [-0.05, 0) is 31.5 Å². The number of hydrogen-bond acceptors (Lipinski definition) is 5. The highest BCUT2D eigenvalue weighted by molar-refractivity contribution is 7.18. The summed E-state index contributed by atoms with van der Waals surface area (Å²) in [7, 11) is 0. The van der Waals surface area contributed by atoms with Crippen molar-refractivity contribution >= 4 is 27.5 Å². The lowest BCUT2D eigenvalue weighted by molar-refractivity contribution is 0.469. The first kappa shape index (κ1) is 12.9. The molecule has 20 heavy (non-hydrogen) atoms. The van der Waals surface area contributed by atoms with E-state index >= 15 is 0 Å². The molecule has 0 amide bonds. The summed E-state index contributed by atoms with van der Waals surface area (Å²) in [5.41, 5.74) is 6.95. The van der Waals surface area contributed by atoms with E-state index in [0.717, 1.165) is 22.4 Å². The Labute approximate surface area is 121 Å². The van der Waals surface area contributed by atoms with E-state index in [4.69, 9.17) is 10.5 Å². The number of anilines is 1. The fourth-order valence-electron chi connectivity index (χ4n) is 1.93. The topological polar surface area (TPSA) is 61.0 Å². The summed E-state index contributed by atoms with van der Waals surface area (Å²) >= 11 is 1.63. The van der Waals surface area contributed by atoms with Gasteiger partial charge in [0.1, 0.15) is 10.6 Å². The van der Waals surface area contributed by atoms with Crippen LogP contribution in [0, 0.1) is 6.92 Å². The van der Waals surface area contributed by atoms with Crippen molar-refractivity contribution in [2.24, 2.45) is 0 Å². The van der Waals surface area contributed by atoms with E-state index in [1.807, 2.05) is 31.2 Å². The molecule has 2 aromatic heterocycles. The van der Waals surface area contributed by atoms with E-state index in [9.17, 15) is 0 Å². The van der Waals surface area contributed by atoms with Crippen molar-refractivity contribution in [2.45, 2.75) is 20.3 Å². The van der Waals surface area contributed by atoms with Crippen LogP contribution in [-0.2, 0) is 6.42 Å². The fourth-order valence-corrected chi connectivity index (χ4v) is 2.90. The van der Waals surface area contributed by atoms with Crippen LogP contribution in [0.5, 0.6) is 11.6 Å². The van der Waals surface area contributed by atoms with Crippen molar-refractivity contribution in [3.63, 3.8) is 0 Å². The van der Waals surface area contributed by atoms with Gasteiger partial charge in [0.25, 0.3) is 0 Å². The molecule has 0 unspecified atom stereocenters. The second kappa shape index (κ2) is 5.09. The first-order valence-electron chi connectivity index (χ1n) is 6.46. The standard InChI is InChI=1S/C15H15N3OS/c1-3-11-8-12-13(17-15(16)18-14(12)20-11)19-10-6-4-9(2)5-7-10/h4-8H,3H2,1-2H3,(H2,16,17,18). The number of hydrogen-bond donors (Lipinski definition) is 1. The van der Waals surface area contributed by atoms with Crippen LogP contribution in [0.25, 0.3) is 10.2 Å². The Balaban J connectivity index is 2.05. The van der Waals surface area contributed by atoms with E-state index < -0.39 is 0 Å². The molecule has 0 aliphatic rings. The number of fused-ring (bicyclic) bond motifs is 1. The van der Waals surface area contributed by atoms with Crippen LogP contribution in [-0.4, -0.2) is 9.97 Å². The minimum Gasteiger partial charge on any atom is -0.438 e. The van der Waals surface area contributed by atoms with Crippen molar-refractivity contribution in [2.75, 3.05) is 5.73 Å². The number of nitrogen functional groups attached to an aromatic ring is 1. The molecule has 1 aromatic carbocycles. The number of aromatic nitrogens is 2. The number of benzene rings is 1. The second-order valence-electron chi connectivity index (χ2n) is 4.59. The van der Waals surface area contributed by atoms with Crippen LogP contribution in [0.3, 0.4) is 0 Å². The molecule has 0 radical (unpaired) electrons. The molecule has 102 valence electrons. The molecule has 2 heterocycles. The van der Waals surface area contributed by atoms with Crippen molar-refractivity contribution in [1.29, 1.82) is 0 Å². The van der Waals surface area contributed by atoms with E-state index in [0.29, 0.717) is 5.88 Å². The summed E-state index contributed by atoms with van der Waals surface area (Å²) in [6, 6.07) is 9.92. The average molecular weight is 285 g/mol. The van der Waals surface area contributed by atoms with Gasteiger partial charge in [-0.15, -0.1) is 11.3 Å². The molecule has 0 saturated carbocycles. The summed E-state index contributed by atoms with van der Waals surface area (Å²) < 4.78 is 5.86. The molecule has 0 bridgehead atoms. The Kier molecular flexibility index (Phi) is 3.28. The van der Waals surface area contributed by atoms with Gasteiger partial charge in [0.15, 0.2) is 0 Å². The Morgan fingerprint density at radius 1 is 1.20 bits per heavy atom. The molecular weight excluding hydrogens is 270 g/mol. The molecule has 0 aliphatic carbocycles. The van der Waals surface area contributed by atoms with Gasteiger partial charge in [-0.3, -0.25) is 0 Å². The number of thiophene rings is 1. The smallest absolute Gasteiger partial charge is 0.232 e. The van der Waals surface area contributed by atoms with E-state index in [2.05, 4.69) is 23.0 Å². The van der Waals surface area contributed by atoms with E-state index in [1.165, 1.54) is 10.4 Å². The largest absolute Gasteiger partial charge is 0.438 e. The van der Waals surface area contributed by atoms with Crippen LogP contribution in [0.15, 0.2) is 30.3 Å². The maximum absolute atomic E-state index is 5.86. The normalized spacial score (nSPS) is 10.9. The quantitative estimate of drug-likeness (QED) is 0.792. The third-order valence-corrected chi connectivity index (χ3v) is 4.18. The minimum absolute atomic E-state index is 0.240. The predicted octanol–water partition coefficient (Wildman–Crippen LogP) is 3.94. The lowest BCUT2D eigenvalue weighted by Crippen LogP contribution is -1.97. The highest BCUT2D eigenvalue weighted by Gasteiger charge is 2.12. The van der Waals surface area contributed by atoms with Crippen LogP contribution >= 0.6 is 11.3 Å². The Bertz CT molecular complexity index is 750. The van der Waals surface area contributed by atoms with Crippen LogP contribution < -0.4 is 10.5 Å². The molecule has 0 fully saturated rings. The van der Waals surface area contributed by atoms with Gasteiger partial charge < -0.3 is 10.5 Å². The summed E-state index contributed by atoms with van der Waals surface area (Å²) in [4.78, 5) is 10.6. The molecule has 0 atom stereocenters. The average Bonchev–Trinajstić information content (AvgIpc) is 2.84. The first-order valence-corrected chi connectivity index (χ1v) is 7.28. The van der Waals surface area contributed by atoms with Gasteiger partial charge >= 0.3 is 0 Å². The fraction of sp³-hybridized carbons (Fsp3) is 0.200. The summed E-state index contributed by atoms with van der Waals surface area (Å²) in [5, 5.41) is 0.918. The Morgan fingerprint density at radius 3 is 2.65 bits per heavy atom. The zero-order valence-corrected chi connectivity index (χ0v) is 12.2. The van der Waals surface area contributed by atoms with Crippen molar-refractivity contribution < 1.29 is 4.74 Å². The molecule has 3 rings (SSSR count). The SMILES string of the molecule is CCc1cc2c(Oc3ccc(C)cc3)nc(N)nc2s1. The second-order valence-corrected chi connectivity index (χ2v) is 5.70. The van der Waals surface area contributed by atoms with Crippen LogP contribution in [0.2, 0.25) is 0 Å². The van der Waals surface area contributed by atoms with E-state index in [1.54, 1.807) is 11.3 Å². The molecule has 2 N–H and O–H groups in total. The van der Waals surface area contributed by atoms with Gasteiger partial charge in [0, 0.05) is 4.88 Å². The highest BCUT2D eigenvalue weighted by Crippen LogP contribution is 2.33. The lowest BCUT2D eigenvalue weighted by Gasteiger charge is -2.06. The van der Waals surface area contributed by atoms with Crippen LogP contribution in [0.1, 0.15) is 17.4 Å². The van der Waals surface area contributed by atoms with Crippen LogP contribution in [0.4, 0.5) is 5.95 Å². The third kappa shape index (κ3) is 2.44. The van der Waals surface area contributed by atoms with Crippen molar-refractivity contribution in [3.8, 4) is 11.6 Å².